The van der Waals surface area contributed by atoms with Crippen LogP contribution in [0.3, 0.4) is 0 Å². The molecule has 1 aliphatic heterocycles. The Labute approximate surface area is 161 Å². The van der Waals surface area contributed by atoms with E-state index < -0.39 is 17.9 Å². The summed E-state index contributed by atoms with van der Waals surface area (Å²) in [7, 11) is 0. The number of benzene rings is 1. The minimum Gasteiger partial charge on any atom is -0.480 e. The molecule has 0 aromatic heterocycles. The van der Waals surface area contributed by atoms with E-state index in [1.54, 1.807) is 13.0 Å². The smallest absolute Gasteiger partial charge is 0.326 e. The third-order valence-electron chi connectivity index (χ3n) is 3.85. The van der Waals surface area contributed by atoms with Gasteiger partial charge >= 0.3 is 5.97 Å². The second-order valence-corrected chi connectivity index (χ2v) is 7.54. The largest absolute Gasteiger partial charge is 0.480 e. The Morgan fingerprint density at radius 3 is 2.58 bits per heavy atom. The highest BCUT2D eigenvalue weighted by atomic mass is 32.2. The first-order chi connectivity index (χ1) is 12.3. The van der Waals surface area contributed by atoms with E-state index in [1.165, 1.54) is 16.7 Å². The Kier molecular flexibility index (Phi) is 6.93. The van der Waals surface area contributed by atoms with Crippen molar-refractivity contribution < 1.29 is 19.5 Å². The van der Waals surface area contributed by atoms with Gasteiger partial charge in [0.15, 0.2) is 0 Å². The van der Waals surface area contributed by atoms with Gasteiger partial charge in [0, 0.05) is 13.0 Å². The zero-order chi connectivity index (χ0) is 19.3. The van der Waals surface area contributed by atoms with Crippen LogP contribution >= 0.6 is 24.0 Å². The number of thiocarbonyl (C=S) groups is 1. The topological polar surface area (TPSA) is 86.7 Å². The van der Waals surface area contributed by atoms with Gasteiger partial charge in [0.2, 0.25) is 5.91 Å². The Balaban J connectivity index is 1.97. The third kappa shape index (κ3) is 5.15. The highest BCUT2D eigenvalue weighted by Gasteiger charge is 2.32. The molecule has 0 radical (unpaired) electrons. The van der Waals surface area contributed by atoms with Gasteiger partial charge in [0.1, 0.15) is 10.4 Å². The summed E-state index contributed by atoms with van der Waals surface area (Å²) in [6, 6.07) is 6.85. The molecule has 1 heterocycles. The van der Waals surface area contributed by atoms with Gasteiger partial charge in [-0.1, -0.05) is 60.7 Å². The Morgan fingerprint density at radius 1 is 1.35 bits per heavy atom. The summed E-state index contributed by atoms with van der Waals surface area (Å²) >= 11 is 6.44. The molecular weight excluding hydrogens is 372 g/mol. The summed E-state index contributed by atoms with van der Waals surface area (Å²) in [5, 5.41) is 11.4. The van der Waals surface area contributed by atoms with Crippen LogP contribution in [0, 0.1) is 6.92 Å². The summed E-state index contributed by atoms with van der Waals surface area (Å²) in [5.41, 5.74) is 2.04. The maximum Gasteiger partial charge on any atom is 0.326 e. The highest BCUT2D eigenvalue weighted by molar-refractivity contribution is 8.26. The fourth-order valence-electron chi connectivity index (χ4n) is 2.33. The summed E-state index contributed by atoms with van der Waals surface area (Å²) in [6.45, 7) is 3.79. The van der Waals surface area contributed by atoms with Gasteiger partial charge in [-0.15, -0.1) is 0 Å². The van der Waals surface area contributed by atoms with E-state index in [0.29, 0.717) is 15.6 Å². The van der Waals surface area contributed by atoms with Crippen molar-refractivity contribution >= 4 is 52.2 Å². The maximum absolute atomic E-state index is 12.5. The molecule has 1 aromatic rings. The molecule has 0 aliphatic carbocycles. The standard InChI is InChI=1S/C18H20N2O4S2/c1-3-13(17(23)24)19-15(21)8-9-20-16(22)14(26-18(20)25)10-12-6-4-11(2)5-7-12/h4-7,10,13H,3,8-9H2,1-2H3,(H,19,21)(H,23,24)/b14-10+. The molecule has 6 nitrogen and oxygen atoms in total. The lowest BCUT2D eigenvalue weighted by atomic mass is 10.1. The molecule has 1 aromatic carbocycles. The SMILES string of the molecule is CCC(NC(=O)CCN1C(=O)/C(=C\c2ccc(C)cc2)SC1=S)C(=O)O. The van der Waals surface area contributed by atoms with Crippen molar-refractivity contribution in [3.8, 4) is 0 Å². The van der Waals surface area contributed by atoms with E-state index in [0.717, 1.165) is 11.1 Å². The van der Waals surface area contributed by atoms with Crippen LogP contribution in [-0.4, -0.2) is 44.7 Å². The number of carbonyl (C=O) groups is 3. The summed E-state index contributed by atoms with van der Waals surface area (Å²) in [4.78, 5) is 37.3. The van der Waals surface area contributed by atoms with Gasteiger partial charge in [0.05, 0.1) is 4.91 Å². The predicted octanol–water partition coefficient (Wildman–Crippen LogP) is 2.57. The lowest BCUT2D eigenvalue weighted by Gasteiger charge is -2.16. The fraction of sp³-hybridized carbons (Fsp3) is 0.333. The third-order valence-corrected chi connectivity index (χ3v) is 5.23. The van der Waals surface area contributed by atoms with Crippen LogP contribution in [0.5, 0.6) is 0 Å². The molecule has 0 spiro atoms. The number of aliphatic carboxylic acids is 1. The Hall–Kier alpha value is -2.19. The molecule has 1 atom stereocenters. The molecule has 2 N–H and O–H groups in total. The molecule has 1 unspecified atom stereocenters. The van der Waals surface area contributed by atoms with Crippen molar-refractivity contribution in [1.29, 1.82) is 0 Å². The Morgan fingerprint density at radius 2 is 2.00 bits per heavy atom. The number of nitrogens with one attached hydrogen (secondary N) is 1. The molecule has 1 aliphatic rings. The highest BCUT2D eigenvalue weighted by Crippen LogP contribution is 2.32. The Bertz CT molecular complexity index is 759. The van der Waals surface area contributed by atoms with Crippen LogP contribution in [0.15, 0.2) is 29.2 Å². The molecule has 138 valence electrons. The number of aryl methyl sites for hydroxylation is 1. The van der Waals surface area contributed by atoms with E-state index >= 15 is 0 Å². The quantitative estimate of drug-likeness (QED) is 0.548. The van der Waals surface area contributed by atoms with Gasteiger partial charge in [-0.25, -0.2) is 4.79 Å². The molecule has 2 amide bonds. The van der Waals surface area contributed by atoms with Gasteiger partial charge in [-0.05, 0) is 25.0 Å². The number of carboxylic acids is 1. The summed E-state index contributed by atoms with van der Waals surface area (Å²) in [5.74, 6) is -1.73. The van der Waals surface area contributed by atoms with E-state index in [4.69, 9.17) is 17.3 Å². The zero-order valence-corrected chi connectivity index (χ0v) is 16.2. The maximum atomic E-state index is 12.5. The number of thioether (sulfide) groups is 1. The molecule has 26 heavy (non-hydrogen) atoms. The number of hydrogen-bond acceptors (Lipinski definition) is 5. The van der Waals surface area contributed by atoms with Crippen LogP contribution in [-0.2, 0) is 14.4 Å². The molecule has 8 heteroatoms. The first-order valence-corrected chi connectivity index (χ1v) is 9.38. The lowest BCUT2D eigenvalue weighted by Crippen LogP contribution is -2.42. The van der Waals surface area contributed by atoms with Crippen LogP contribution in [0.1, 0.15) is 30.9 Å². The van der Waals surface area contributed by atoms with E-state index in [-0.39, 0.29) is 18.9 Å². The first-order valence-electron chi connectivity index (χ1n) is 8.16. The number of nitrogens with zero attached hydrogens (tertiary/aromatic N) is 1. The predicted molar refractivity (Wildman–Crippen MR) is 106 cm³/mol. The minimum absolute atomic E-state index is 0.00592. The molecule has 2 rings (SSSR count). The van der Waals surface area contributed by atoms with Crippen molar-refractivity contribution in [1.82, 2.24) is 10.2 Å². The van der Waals surface area contributed by atoms with Crippen molar-refractivity contribution in [2.24, 2.45) is 0 Å². The lowest BCUT2D eigenvalue weighted by molar-refractivity contribution is -0.142. The first kappa shape index (κ1) is 20.1. The van der Waals surface area contributed by atoms with Gasteiger partial charge in [0.25, 0.3) is 5.91 Å². The molecule has 0 bridgehead atoms. The monoisotopic (exact) mass is 392 g/mol. The second-order valence-electron chi connectivity index (χ2n) is 5.86. The zero-order valence-electron chi connectivity index (χ0n) is 14.5. The van der Waals surface area contributed by atoms with Crippen LogP contribution in [0.4, 0.5) is 0 Å². The van der Waals surface area contributed by atoms with E-state index in [9.17, 15) is 14.4 Å². The van der Waals surface area contributed by atoms with Crippen molar-refractivity contribution in [3.63, 3.8) is 0 Å². The second kappa shape index (κ2) is 8.95. The minimum atomic E-state index is -1.08. The summed E-state index contributed by atoms with van der Waals surface area (Å²) < 4.78 is 0.395. The average Bonchev–Trinajstić information content (AvgIpc) is 2.86. The normalized spacial score (nSPS) is 16.8. The van der Waals surface area contributed by atoms with Crippen molar-refractivity contribution in [2.75, 3.05) is 6.54 Å². The van der Waals surface area contributed by atoms with Crippen molar-refractivity contribution in [3.05, 3.63) is 40.3 Å². The number of carboxylic acid groups (broad SMARTS) is 1. The van der Waals surface area contributed by atoms with Crippen LogP contribution in [0.2, 0.25) is 0 Å². The number of amides is 2. The molecular formula is C18H20N2O4S2. The fourth-order valence-corrected chi connectivity index (χ4v) is 3.63. The molecule has 1 fully saturated rings. The number of hydrogen-bond donors (Lipinski definition) is 2. The van der Waals surface area contributed by atoms with Crippen LogP contribution in [0.25, 0.3) is 6.08 Å². The molecule has 1 saturated heterocycles. The van der Waals surface area contributed by atoms with Crippen LogP contribution < -0.4 is 5.32 Å². The average molecular weight is 393 g/mol. The summed E-state index contributed by atoms with van der Waals surface area (Å²) in [6.07, 6.45) is 2.06. The number of carbonyl (C=O) groups excluding carboxylic acids is 2. The van der Waals surface area contributed by atoms with Gasteiger partial charge in [-0.3, -0.25) is 14.5 Å². The van der Waals surface area contributed by atoms with Crippen molar-refractivity contribution in [2.45, 2.75) is 32.7 Å². The molecule has 0 saturated carbocycles. The number of rotatable bonds is 7. The van der Waals surface area contributed by atoms with Gasteiger partial charge in [-0.2, -0.15) is 0 Å². The van der Waals surface area contributed by atoms with E-state index in [1.807, 2.05) is 31.2 Å². The van der Waals surface area contributed by atoms with Gasteiger partial charge < -0.3 is 10.4 Å². The van der Waals surface area contributed by atoms with E-state index in [2.05, 4.69) is 5.32 Å².